The van der Waals surface area contributed by atoms with Crippen molar-refractivity contribution >= 4 is 40.1 Å². The van der Waals surface area contributed by atoms with E-state index < -0.39 is 5.25 Å². The van der Waals surface area contributed by atoms with Gasteiger partial charge in [-0.3, -0.25) is 14.5 Å². The molecule has 0 spiro atoms. The third-order valence-electron chi connectivity index (χ3n) is 5.27. The molecule has 0 bridgehead atoms. The first-order valence-corrected chi connectivity index (χ1v) is 11.6. The Bertz CT molecular complexity index is 1210. The molecule has 6 nitrogen and oxygen atoms in total. The fraction of sp³-hybridized carbons (Fsp3) is 0.192. The highest BCUT2D eigenvalue weighted by molar-refractivity contribution is 8.15. The lowest BCUT2D eigenvalue weighted by molar-refractivity contribution is -0.129. The van der Waals surface area contributed by atoms with E-state index in [1.54, 1.807) is 12.0 Å². The van der Waals surface area contributed by atoms with Gasteiger partial charge in [-0.15, -0.1) is 0 Å². The highest BCUT2D eigenvalue weighted by atomic mass is 32.2. The largest absolute Gasteiger partial charge is 0.497 e. The molecule has 1 aliphatic rings. The number of aliphatic imine (C=N–C) groups is 1. The van der Waals surface area contributed by atoms with E-state index in [1.807, 2.05) is 55.5 Å². The molecular formula is C26H24FN3O3S. The normalized spacial score (nSPS) is 17.0. The maximum atomic E-state index is 13.4. The lowest BCUT2D eigenvalue weighted by atomic mass is 10.1. The predicted molar refractivity (Wildman–Crippen MR) is 133 cm³/mol. The topological polar surface area (TPSA) is 71.0 Å². The van der Waals surface area contributed by atoms with E-state index in [1.165, 1.54) is 36.0 Å². The Hall–Kier alpha value is -3.65. The molecule has 0 aromatic heterocycles. The van der Waals surface area contributed by atoms with Crippen molar-refractivity contribution in [2.24, 2.45) is 4.99 Å². The molecule has 4 rings (SSSR count). The van der Waals surface area contributed by atoms with E-state index in [2.05, 4.69) is 10.3 Å². The van der Waals surface area contributed by atoms with Gasteiger partial charge in [0, 0.05) is 12.1 Å². The van der Waals surface area contributed by atoms with Crippen molar-refractivity contribution in [3.63, 3.8) is 0 Å². The van der Waals surface area contributed by atoms with Crippen molar-refractivity contribution in [2.45, 2.75) is 25.1 Å². The molecule has 1 unspecified atom stereocenters. The van der Waals surface area contributed by atoms with Crippen LogP contribution < -0.4 is 10.1 Å². The number of nitrogens with one attached hydrogen (secondary N) is 1. The molecule has 0 saturated carbocycles. The third-order valence-corrected chi connectivity index (χ3v) is 6.46. The quantitative estimate of drug-likeness (QED) is 0.523. The molecule has 1 saturated heterocycles. The molecule has 1 atom stereocenters. The van der Waals surface area contributed by atoms with Crippen LogP contribution in [0.5, 0.6) is 5.75 Å². The number of carbonyl (C=O) groups excluding carboxylic acids is 2. The van der Waals surface area contributed by atoms with Gasteiger partial charge in [-0.2, -0.15) is 0 Å². The minimum Gasteiger partial charge on any atom is -0.497 e. The van der Waals surface area contributed by atoms with Gasteiger partial charge in [0.25, 0.3) is 0 Å². The maximum Gasteiger partial charge on any atom is 0.238 e. The summed E-state index contributed by atoms with van der Waals surface area (Å²) in [7, 11) is 1.59. The second kappa shape index (κ2) is 10.5. The van der Waals surface area contributed by atoms with Crippen LogP contribution in [0.2, 0.25) is 0 Å². The smallest absolute Gasteiger partial charge is 0.238 e. The average Bonchev–Trinajstić information content (AvgIpc) is 2.83. The molecule has 174 valence electrons. The van der Waals surface area contributed by atoms with Crippen LogP contribution in [0.25, 0.3) is 0 Å². The highest BCUT2D eigenvalue weighted by Crippen LogP contribution is 2.31. The summed E-state index contributed by atoms with van der Waals surface area (Å²) >= 11 is 1.23. The zero-order valence-electron chi connectivity index (χ0n) is 18.8. The van der Waals surface area contributed by atoms with Gasteiger partial charge in [-0.1, -0.05) is 36.0 Å². The number of halogens is 1. The number of rotatable bonds is 6. The number of methoxy groups -OCH3 is 1. The summed E-state index contributed by atoms with van der Waals surface area (Å²) in [4.78, 5) is 32.3. The van der Waals surface area contributed by atoms with Crippen LogP contribution in [0.3, 0.4) is 0 Å². The Morgan fingerprint density at radius 1 is 1.15 bits per heavy atom. The Balaban J connectivity index is 1.59. The number of anilines is 1. The molecule has 1 fully saturated rings. The van der Waals surface area contributed by atoms with Crippen LogP contribution in [0.4, 0.5) is 15.8 Å². The van der Waals surface area contributed by atoms with Gasteiger partial charge >= 0.3 is 0 Å². The number of thioether (sulfide) groups is 1. The summed E-state index contributed by atoms with van der Waals surface area (Å²) in [6, 6.07) is 20.6. The second-order valence-corrected chi connectivity index (χ2v) is 9.04. The van der Waals surface area contributed by atoms with Gasteiger partial charge in [-0.25, -0.2) is 9.38 Å². The zero-order valence-corrected chi connectivity index (χ0v) is 19.6. The average molecular weight is 478 g/mol. The van der Waals surface area contributed by atoms with Crippen molar-refractivity contribution in [3.8, 4) is 5.75 Å². The lowest BCUT2D eigenvalue weighted by Gasteiger charge is -2.32. The van der Waals surface area contributed by atoms with Gasteiger partial charge in [0.15, 0.2) is 5.17 Å². The van der Waals surface area contributed by atoms with Crippen molar-refractivity contribution < 1.29 is 18.7 Å². The molecule has 0 aliphatic carbocycles. The summed E-state index contributed by atoms with van der Waals surface area (Å²) < 4.78 is 18.6. The molecule has 1 aliphatic heterocycles. The van der Waals surface area contributed by atoms with Gasteiger partial charge in [0.1, 0.15) is 16.8 Å². The minimum atomic E-state index is -0.640. The monoisotopic (exact) mass is 477 g/mol. The van der Waals surface area contributed by atoms with E-state index >= 15 is 0 Å². The first-order chi connectivity index (χ1) is 16.4. The summed E-state index contributed by atoms with van der Waals surface area (Å²) in [5.41, 5.74) is 3.09. The number of amides is 2. The Morgan fingerprint density at radius 3 is 2.56 bits per heavy atom. The highest BCUT2D eigenvalue weighted by Gasteiger charge is 2.36. The van der Waals surface area contributed by atoms with E-state index in [9.17, 15) is 14.0 Å². The number of nitrogens with zero attached hydrogens (tertiary/aromatic N) is 2. The van der Waals surface area contributed by atoms with Gasteiger partial charge in [0.2, 0.25) is 11.8 Å². The van der Waals surface area contributed by atoms with E-state index in [0.717, 1.165) is 16.9 Å². The zero-order chi connectivity index (χ0) is 24.1. The van der Waals surface area contributed by atoms with Crippen LogP contribution >= 0.6 is 11.8 Å². The van der Waals surface area contributed by atoms with E-state index in [0.29, 0.717) is 23.1 Å². The van der Waals surface area contributed by atoms with Gasteiger partial charge < -0.3 is 10.1 Å². The fourth-order valence-electron chi connectivity index (χ4n) is 3.48. The molecular weight excluding hydrogens is 453 g/mol. The second-order valence-electron chi connectivity index (χ2n) is 7.87. The van der Waals surface area contributed by atoms with Crippen molar-refractivity contribution in [2.75, 3.05) is 12.4 Å². The molecule has 8 heteroatoms. The Kier molecular flexibility index (Phi) is 7.27. The number of aryl methyl sites for hydroxylation is 1. The molecule has 3 aromatic rings. The number of hydrogen-bond acceptors (Lipinski definition) is 5. The van der Waals surface area contributed by atoms with E-state index in [-0.39, 0.29) is 24.1 Å². The number of amidine groups is 1. The Morgan fingerprint density at radius 2 is 1.88 bits per heavy atom. The van der Waals surface area contributed by atoms with Crippen molar-refractivity contribution in [1.82, 2.24) is 4.90 Å². The SMILES string of the molecule is COc1ccc(CN2C(=O)CC(C(=O)Nc3cccc(C)c3)SC2=Nc2ccc(F)cc2)cc1. The standard InChI is InChI=1S/C26H24FN3O3S/c1-17-4-3-5-21(14-17)28-25(32)23-15-24(31)30(16-18-6-12-22(33-2)13-7-18)26(34-23)29-20-10-8-19(27)9-11-20/h3-14,23H,15-16H2,1-2H3,(H,28,32). The Labute approximate surface area is 201 Å². The summed E-state index contributed by atoms with van der Waals surface area (Å²) in [6.45, 7) is 2.24. The molecule has 2 amide bonds. The number of carbonyl (C=O) groups is 2. The van der Waals surface area contributed by atoms with Gasteiger partial charge in [-0.05, 0) is 66.6 Å². The maximum absolute atomic E-state index is 13.4. The number of ether oxygens (including phenoxy) is 1. The third kappa shape index (κ3) is 5.82. The molecule has 0 radical (unpaired) electrons. The minimum absolute atomic E-state index is 0.0426. The van der Waals surface area contributed by atoms with Crippen LogP contribution in [-0.2, 0) is 16.1 Å². The van der Waals surface area contributed by atoms with Crippen LogP contribution in [-0.4, -0.2) is 34.2 Å². The molecule has 1 N–H and O–H groups in total. The van der Waals surface area contributed by atoms with Crippen molar-refractivity contribution in [3.05, 3.63) is 89.7 Å². The van der Waals surface area contributed by atoms with Gasteiger partial charge in [0.05, 0.1) is 19.3 Å². The molecule has 1 heterocycles. The predicted octanol–water partition coefficient (Wildman–Crippen LogP) is 5.30. The number of hydrogen-bond donors (Lipinski definition) is 1. The summed E-state index contributed by atoms with van der Waals surface area (Å²) in [5, 5.41) is 2.65. The van der Waals surface area contributed by atoms with E-state index in [4.69, 9.17) is 4.74 Å². The van der Waals surface area contributed by atoms with Crippen LogP contribution in [0.1, 0.15) is 17.5 Å². The number of benzene rings is 3. The lowest BCUT2D eigenvalue weighted by Crippen LogP contribution is -2.44. The summed E-state index contributed by atoms with van der Waals surface area (Å²) in [5.74, 6) is -0.127. The first kappa shape index (κ1) is 23.5. The summed E-state index contributed by atoms with van der Waals surface area (Å²) in [6.07, 6.45) is 0.0426. The first-order valence-electron chi connectivity index (χ1n) is 10.7. The molecule has 34 heavy (non-hydrogen) atoms. The van der Waals surface area contributed by atoms with Crippen molar-refractivity contribution in [1.29, 1.82) is 0 Å². The fourth-order valence-corrected chi connectivity index (χ4v) is 4.58. The molecule has 3 aromatic carbocycles. The van der Waals surface area contributed by atoms with Crippen LogP contribution in [0, 0.1) is 12.7 Å². The van der Waals surface area contributed by atoms with Crippen LogP contribution in [0.15, 0.2) is 77.8 Å².